The van der Waals surface area contributed by atoms with Crippen LogP contribution in [0.3, 0.4) is 0 Å². The molecule has 1 amide bonds. The number of benzene rings is 3. The van der Waals surface area contributed by atoms with E-state index in [1.165, 1.54) is 6.92 Å². The summed E-state index contributed by atoms with van der Waals surface area (Å²) in [6.45, 7) is 1.47. The summed E-state index contributed by atoms with van der Waals surface area (Å²) in [4.78, 5) is 23.5. The molecule has 4 heteroatoms. The maximum atomic E-state index is 12.5. The minimum absolute atomic E-state index is 0.0527. The van der Waals surface area contributed by atoms with Crippen molar-refractivity contribution in [2.45, 2.75) is 26.2 Å². The van der Waals surface area contributed by atoms with Crippen molar-refractivity contribution in [1.29, 1.82) is 0 Å². The third-order valence-electron chi connectivity index (χ3n) is 4.34. The first-order valence-electron chi connectivity index (χ1n) is 8.65. The van der Waals surface area contributed by atoms with Gasteiger partial charge in [-0.3, -0.25) is 9.59 Å². The van der Waals surface area contributed by atoms with E-state index in [9.17, 15) is 14.7 Å². The average molecular weight is 347 g/mol. The van der Waals surface area contributed by atoms with Crippen LogP contribution in [-0.2, 0) is 11.2 Å². The number of Topliss-reactive ketones (excluding diaryl/α,β-unsaturated/α-hetero) is 1. The number of hydrogen-bond donors (Lipinski definition) is 2. The molecule has 0 radical (unpaired) electrons. The van der Waals surface area contributed by atoms with Gasteiger partial charge in [0.1, 0.15) is 5.75 Å². The summed E-state index contributed by atoms with van der Waals surface area (Å²) in [5.41, 5.74) is 2.25. The van der Waals surface area contributed by atoms with E-state index in [4.69, 9.17) is 0 Å². The van der Waals surface area contributed by atoms with Gasteiger partial charge in [0.2, 0.25) is 5.91 Å². The van der Waals surface area contributed by atoms with Crippen LogP contribution >= 0.6 is 0 Å². The molecule has 3 aromatic carbocycles. The number of hydrogen-bond acceptors (Lipinski definition) is 3. The molecule has 0 aliphatic heterocycles. The van der Waals surface area contributed by atoms with E-state index in [1.807, 2.05) is 54.6 Å². The lowest BCUT2D eigenvalue weighted by atomic mass is 9.98. The maximum Gasteiger partial charge on any atom is 0.221 e. The van der Waals surface area contributed by atoms with Gasteiger partial charge in [-0.05, 0) is 42.0 Å². The topological polar surface area (TPSA) is 66.4 Å². The Balaban J connectivity index is 1.61. The van der Waals surface area contributed by atoms with E-state index in [-0.39, 0.29) is 17.4 Å². The number of fused-ring (bicyclic) bond motifs is 1. The minimum Gasteiger partial charge on any atom is -0.507 e. The van der Waals surface area contributed by atoms with Gasteiger partial charge in [0.05, 0.1) is 5.56 Å². The molecule has 0 unspecified atom stereocenters. The van der Waals surface area contributed by atoms with E-state index in [0.717, 1.165) is 23.1 Å². The second-order valence-corrected chi connectivity index (χ2v) is 6.34. The van der Waals surface area contributed by atoms with Crippen LogP contribution in [-0.4, -0.2) is 16.8 Å². The predicted octanol–water partition coefficient (Wildman–Crippen LogP) is 4.71. The van der Waals surface area contributed by atoms with Gasteiger partial charge < -0.3 is 10.4 Å². The molecule has 0 fully saturated rings. The van der Waals surface area contributed by atoms with Gasteiger partial charge in [-0.2, -0.15) is 0 Å². The summed E-state index contributed by atoms with van der Waals surface area (Å²) in [6, 6.07) is 18.6. The Morgan fingerprint density at radius 3 is 2.42 bits per heavy atom. The molecular formula is C22H21NO3. The van der Waals surface area contributed by atoms with Crippen molar-refractivity contribution in [3.63, 3.8) is 0 Å². The first-order chi connectivity index (χ1) is 12.5. The lowest BCUT2D eigenvalue weighted by molar-refractivity contribution is -0.114. The van der Waals surface area contributed by atoms with Crippen molar-refractivity contribution in [1.82, 2.24) is 0 Å². The number of rotatable bonds is 6. The lowest BCUT2D eigenvalue weighted by Gasteiger charge is -2.08. The largest absolute Gasteiger partial charge is 0.507 e. The molecule has 0 bridgehead atoms. The van der Waals surface area contributed by atoms with Crippen molar-refractivity contribution < 1.29 is 14.7 Å². The minimum atomic E-state index is -0.0986. The Hall–Kier alpha value is -3.14. The van der Waals surface area contributed by atoms with Gasteiger partial charge >= 0.3 is 0 Å². The molecule has 0 aliphatic rings. The number of phenols is 1. The molecule has 4 nitrogen and oxygen atoms in total. The number of anilines is 1. The molecule has 132 valence electrons. The zero-order valence-corrected chi connectivity index (χ0v) is 14.7. The van der Waals surface area contributed by atoms with Crippen LogP contribution in [0.1, 0.15) is 35.7 Å². The third kappa shape index (κ3) is 4.09. The van der Waals surface area contributed by atoms with Gasteiger partial charge in [-0.1, -0.05) is 42.5 Å². The molecule has 0 saturated carbocycles. The van der Waals surface area contributed by atoms with Crippen LogP contribution in [0, 0.1) is 0 Å². The maximum absolute atomic E-state index is 12.5. The Kier molecular flexibility index (Phi) is 5.32. The Morgan fingerprint density at radius 2 is 1.69 bits per heavy atom. The molecule has 0 saturated heterocycles. The molecule has 0 heterocycles. The standard InChI is InChI=1S/C22H21NO3/c1-15(24)23-18-12-9-16(10-13-18)5-4-8-21(25)20-14-11-17-6-2-3-7-19(17)22(20)26/h2-3,6-7,9-14,26H,4-5,8H2,1H3,(H,23,24). The molecule has 0 aliphatic carbocycles. The lowest BCUT2D eigenvalue weighted by Crippen LogP contribution is -2.05. The first kappa shape index (κ1) is 17.7. The van der Waals surface area contributed by atoms with Gasteiger partial charge in [-0.15, -0.1) is 0 Å². The quantitative estimate of drug-likeness (QED) is 0.635. The summed E-state index contributed by atoms with van der Waals surface area (Å²) >= 11 is 0. The van der Waals surface area contributed by atoms with E-state index in [1.54, 1.807) is 6.07 Å². The average Bonchev–Trinajstić information content (AvgIpc) is 2.63. The van der Waals surface area contributed by atoms with Crippen molar-refractivity contribution in [3.8, 4) is 5.75 Å². The molecule has 2 N–H and O–H groups in total. The van der Waals surface area contributed by atoms with Gasteiger partial charge in [0.25, 0.3) is 0 Å². The number of nitrogens with one attached hydrogen (secondary N) is 1. The van der Waals surface area contributed by atoms with Gasteiger partial charge in [-0.25, -0.2) is 0 Å². The third-order valence-corrected chi connectivity index (χ3v) is 4.34. The fourth-order valence-corrected chi connectivity index (χ4v) is 3.03. The SMILES string of the molecule is CC(=O)Nc1ccc(CCCC(=O)c2ccc3ccccc3c2O)cc1. The van der Waals surface area contributed by atoms with Gasteiger partial charge in [0, 0.05) is 24.4 Å². The van der Waals surface area contributed by atoms with Crippen molar-refractivity contribution in [2.24, 2.45) is 0 Å². The zero-order chi connectivity index (χ0) is 18.5. The smallest absolute Gasteiger partial charge is 0.221 e. The highest BCUT2D eigenvalue weighted by Crippen LogP contribution is 2.29. The van der Waals surface area contributed by atoms with E-state index < -0.39 is 0 Å². The van der Waals surface area contributed by atoms with Crippen molar-refractivity contribution in [2.75, 3.05) is 5.32 Å². The summed E-state index contributed by atoms with van der Waals surface area (Å²) < 4.78 is 0. The Bertz CT molecular complexity index is 945. The molecule has 3 aromatic rings. The Morgan fingerprint density at radius 1 is 0.962 bits per heavy atom. The summed E-state index contributed by atoms with van der Waals surface area (Å²) in [7, 11) is 0. The van der Waals surface area contributed by atoms with Crippen molar-refractivity contribution in [3.05, 3.63) is 71.8 Å². The normalized spacial score (nSPS) is 10.7. The molecule has 0 atom stereocenters. The second-order valence-electron chi connectivity index (χ2n) is 6.34. The number of amides is 1. The number of aromatic hydroxyl groups is 1. The van der Waals surface area contributed by atoms with Crippen LogP contribution in [0.25, 0.3) is 10.8 Å². The van der Waals surface area contributed by atoms with Crippen molar-refractivity contribution >= 4 is 28.2 Å². The van der Waals surface area contributed by atoms with Crippen LogP contribution in [0.5, 0.6) is 5.75 Å². The number of carbonyl (C=O) groups excluding carboxylic acids is 2. The van der Waals surface area contributed by atoms with Crippen LogP contribution in [0.2, 0.25) is 0 Å². The summed E-state index contributed by atoms with van der Waals surface area (Å²) in [6.07, 6.45) is 1.84. The van der Waals surface area contributed by atoms with Crippen LogP contribution in [0.15, 0.2) is 60.7 Å². The number of phenolic OH excluding ortho intramolecular Hbond substituents is 1. The fraction of sp³-hybridized carbons (Fsp3) is 0.182. The summed E-state index contributed by atoms with van der Waals surface area (Å²) in [5.74, 6) is -0.0885. The van der Waals surface area contributed by atoms with E-state index in [2.05, 4.69) is 5.32 Å². The molecule has 3 rings (SSSR count). The highest BCUT2D eigenvalue weighted by atomic mass is 16.3. The number of ketones is 1. The van der Waals surface area contributed by atoms with E-state index >= 15 is 0 Å². The molecular weight excluding hydrogens is 326 g/mol. The molecule has 26 heavy (non-hydrogen) atoms. The molecule has 0 spiro atoms. The summed E-state index contributed by atoms with van der Waals surface area (Å²) in [5, 5.41) is 14.7. The predicted molar refractivity (Wildman–Crippen MR) is 104 cm³/mol. The fourth-order valence-electron chi connectivity index (χ4n) is 3.03. The monoisotopic (exact) mass is 347 g/mol. The Labute approximate surface area is 152 Å². The second kappa shape index (κ2) is 7.83. The molecule has 0 aromatic heterocycles. The highest BCUT2D eigenvalue weighted by molar-refractivity contribution is 6.04. The number of aryl methyl sites for hydroxylation is 1. The van der Waals surface area contributed by atoms with Crippen LogP contribution < -0.4 is 5.32 Å². The first-order valence-corrected chi connectivity index (χ1v) is 8.65. The highest BCUT2D eigenvalue weighted by Gasteiger charge is 2.13. The number of carbonyl (C=O) groups is 2. The van der Waals surface area contributed by atoms with Gasteiger partial charge in [0.15, 0.2) is 5.78 Å². The van der Waals surface area contributed by atoms with E-state index in [0.29, 0.717) is 23.8 Å². The zero-order valence-electron chi connectivity index (χ0n) is 14.7. The van der Waals surface area contributed by atoms with Crippen LogP contribution in [0.4, 0.5) is 5.69 Å².